The molecule has 0 radical (unpaired) electrons. The third kappa shape index (κ3) is 3.52. The standard InChI is InChI=1S/C19H24N2O4/c1-2-8-20-16(22)13-4-3-5-14(11-13)17(23)21-9-6-19(7-10-21)12-15(19)18(24)25/h3-5,11,15H,2,6-10,12H2,1H3,(H,20,22)(H,24,25). The van der Waals surface area contributed by atoms with E-state index < -0.39 is 5.97 Å². The average molecular weight is 344 g/mol. The van der Waals surface area contributed by atoms with Gasteiger partial charge in [0.05, 0.1) is 5.92 Å². The SMILES string of the molecule is CCCNC(=O)c1cccc(C(=O)N2CCC3(CC2)CC3C(=O)O)c1. The Balaban J connectivity index is 1.62. The number of carboxylic acids is 1. The van der Waals surface area contributed by atoms with E-state index in [0.29, 0.717) is 30.8 Å². The molecular weight excluding hydrogens is 320 g/mol. The molecule has 0 bridgehead atoms. The van der Waals surface area contributed by atoms with Crippen LogP contribution in [0.15, 0.2) is 24.3 Å². The number of benzene rings is 1. The molecule has 1 saturated carbocycles. The van der Waals surface area contributed by atoms with Crippen molar-refractivity contribution in [2.75, 3.05) is 19.6 Å². The molecule has 0 aromatic heterocycles. The van der Waals surface area contributed by atoms with Crippen molar-refractivity contribution in [3.8, 4) is 0 Å². The summed E-state index contributed by atoms with van der Waals surface area (Å²) in [6.07, 6.45) is 3.08. The minimum Gasteiger partial charge on any atom is -0.481 e. The van der Waals surface area contributed by atoms with Gasteiger partial charge in [-0.3, -0.25) is 14.4 Å². The van der Waals surface area contributed by atoms with Crippen LogP contribution in [-0.2, 0) is 4.79 Å². The van der Waals surface area contributed by atoms with E-state index in [1.807, 2.05) is 6.92 Å². The Bertz CT molecular complexity index is 692. The molecule has 3 rings (SSSR count). The van der Waals surface area contributed by atoms with Gasteiger partial charge in [-0.1, -0.05) is 13.0 Å². The summed E-state index contributed by atoms with van der Waals surface area (Å²) in [5.41, 5.74) is 0.899. The van der Waals surface area contributed by atoms with Crippen molar-refractivity contribution in [3.05, 3.63) is 35.4 Å². The van der Waals surface area contributed by atoms with Crippen molar-refractivity contribution in [3.63, 3.8) is 0 Å². The first-order chi connectivity index (χ1) is 12.0. The van der Waals surface area contributed by atoms with E-state index in [1.54, 1.807) is 29.2 Å². The molecule has 1 aromatic carbocycles. The van der Waals surface area contributed by atoms with Crippen LogP contribution in [0.1, 0.15) is 53.3 Å². The molecule has 1 aliphatic heterocycles. The Morgan fingerprint density at radius 1 is 1.24 bits per heavy atom. The van der Waals surface area contributed by atoms with Gasteiger partial charge in [0, 0.05) is 30.8 Å². The average Bonchev–Trinajstić information content (AvgIpc) is 3.33. The monoisotopic (exact) mass is 344 g/mol. The highest BCUT2D eigenvalue weighted by Gasteiger charge is 2.59. The molecule has 2 amide bonds. The Morgan fingerprint density at radius 2 is 1.92 bits per heavy atom. The molecule has 134 valence electrons. The topological polar surface area (TPSA) is 86.7 Å². The molecule has 2 aliphatic rings. The maximum atomic E-state index is 12.7. The molecule has 2 N–H and O–H groups in total. The number of amides is 2. The Kier molecular flexibility index (Phi) is 4.79. The predicted octanol–water partition coefficient (Wildman–Crippen LogP) is 2.15. The van der Waals surface area contributed by atoms with Gasteiger partial charge in [-0.15, -0.1) is 0 Å². The Hall–Kier alpha value is -2.37. The van der Waals surface area contributed by atoms with Gasteiger partial charge < -0.3 is 15.3 Å². The molecule has 1 spiro atoms. The van der Waals surface area contributed by atoms with E-state index >= 15 is 0 Å². The molecule has 1 unspecified atom stereocenters. The van der Waals surface area contributed by atoms with E-state index in [-0.39, 0.29) is 23.1 Å². The van der Waals surface area contributed by atoms with Gasteiger partial charge in [-0.05, 0) is 49.3 Å². The minimum atomic E-state index is -0.717. The van der Waals surface area contributed by atoms with Crippen molar-refractivity contribution in [2.24, 2.45) is 11.3 Å². The maximum absolute atomic E-state index is 12.7. The molecular formula is C19H24N2O4. The van der Waals surface area contributed by atoms with E-state index in [9.17, 15) is 14.4 Å². The van der Waals surface area contributed by atoms with E-state index in [1.165, 1.54) is 0 Å². The number of nitrogens with one attached hydrogen (secondary N) is 1. The molecule has 6 nitrogen and oxygen atoms in total. The van der Waals surface area contributed by atoms with Crippen LogP contribution in [0.25, 0.3) is 0 Å². The van der Waals surface area contributed by atoms with Gasteiger partial charge in [0.1, 0.15) is 0 Å². The first-order valence-corrected chi connectivity index (χ1v) is 8.87. The number of aliphatic carboxylic acids is 1. The second-order valence-corrected chi connectivity index (χ2v) is 7.09. The van der Waals surface area contributed by atoms with E-state index in [4.69, 9.17) is 5.11 Å². The lowest BCUT2D eigenvalue weighted by atomic mass is 9.90. The van der Waals surface area contributed by atoms with Crippen LogP contribution in [0, 0.1) is 11.3 Å². The Morgan fingerprint density at radius 3 is 2.52 bits per heavy atom. The maximum Gasteiger partial charge on any atom is 0.307 e. The fourth-order valence-electron chi connectivity index (χ4n) is 3.72. The minimum absolute atomic E-state index is 0.0903. The summed E-state index contributed by atoms with van der Waals surface area (Å²) in [7, 11) is 0. The van der Waals surface area contributed by atoms with Gasteiger partial charge in [0.25, 0.3) is 11.8 Å². The Labute approximate surface area is 147 Å². The first-order valence-electron chi connectivity index (χ1n) is 8.87. The molecule has 2 fully saturated rings. The number of carbonyl (C=O) groups is 3. The molecule has 1 aliphatic carbocycles. The van der Waals surface area contributed by atoms with Crippen LogP contribution in [0.3, 0.4) is 0 Å². The number of hydrogen-bond acceptors (Lipinski definition) is 3. The third-order valence-corrected chi connectivity index (χ3v) is 5.44. The number of carbonyl (C=O) groups excluding carboxylic acids is 2. The van der Waals surface area contributed by atoms with E-state index in [2.05, 4.69) is 5.32 Å². The van der Waals surface area contributed by atoms with Crippen molar-refractivity contribution in [1.82, 2.24) is 10.2 Å². The lowest BCUT2D eigenvalue weighted by molar-refractivity contribution is -0.139. The second-order valence-electron chi connectivity index (χ2n) is 7.09. The summed E-state index contributed by atoms with van der Waals surface area (Å²) in [4.78, 5) is 37.7. The van der Waals surface area contributed by atoms with Gasteiger partial charge in [-0.25, -0.2) is 0 Å². The van der Waals surface area contributed by atoms with Crippen molar-refractivity contribution in [1.29, 1.82) is 0 Å². The number of hydrogen-bond donors (Lipinski definition) is 2. The number of carboxylic acid groups (broad SMARTS) is 1. The summed E-state index contributed by atoms with van der Waals surface area (Å²) in [6, 6.07) is 6.78. The summed E-state index contributed by atoms with van der Waals surface area (Å²) < 4.78 is 0. The predicted molar refractivity (Wildman–Crippen MR) is 92.4 cm³/mol. The van der Waals surface area contributed by atoms with Gasteiger partial charge in [-0.2, -0.15) is 0 Å². The summed E-state index contributed by atoms with van der Waals surface area (Å²) >= 11 is 0. The second kappa shape index (κ2) is 6.86. The zero-order valence-corrected chi connectivity index (χ0v) is 14.5. The van der Waals surface area contributed by atoms with Crippen molar-refractivity contribution >= 4 is 17.8 Å². The van der Waals surface area contributed by atoms with Crippen LogP contribution in [0.2, 0.25) is 0 Å². The van der Waals surface area contributed by atoms with Crippen LogP contribution >= 0.6 is 0 Å². The number of rotatable bonds is 5. The molecule has 1 heterocycles. The lowest BCUT2D eigenvalue weighted by Gasteiger charge is -2.32. The summed E-state index contributed by atoms with van der Waals surface area (Å²) in [5, 5.41) is 12.0. The highest BCUT2D eigenvalue weighted by Crippen LogP contribution is 2.59. The normalized spacial score (nSPS) is 21.0. The zero-order valence-electron chi connectivity index (χ0n) is 14.5. The number of nitrogens with zero attached hydrogens (tertiary/aromatic N) is 1. The van der Waals surface area contributed by atoms with Crippen LogP contribution in [0.4, 0.5) is 0 Å². The fraction of sp³-hybridized carbons (Fsp3) is 0.526. The fourth-order valence-corrected chi connectivity index (χ4v) is 3.72. The highest BCUT2D eigenvalue weighted by atomic mass is 16.4. The largest absolute Gasteiger partial charge is 0.481 e. The number of likely N-dealkylation sites (tertiary alicyclic amines) is 1. The van der Waals surface area contributed by atoms with Crippen LogP contribution in [-0.4, -0.2) is 47.4 Å². The van der Waals surface area contributed by atoms with Gasteiger partial charge in [0.2, 0.25) is 0 Å². The zero-order chi connectivity index (χ0) is 18.0. The highest BCUT2D eigenvalue weighted by molar-refractivity contribution is 5.99. The first kappa shape index (κ1) is 17.5. The van der Waals surface area contributed by atoms with Crippen molar-refractivity contribution < 1.29 is 19.5 Å². The molecule has 6 heteroatoms. The molecule has 1 saturated heterocycles. The molecule has 1 atom stereocenters. The summed E-state index contributed by atoms with van der Waals surface area (Å²) in [5.74, 6) is -1.22. The van der Waals surface area contributed by atoms with Gasteiger partial charge in [0.15, 0.2) is 0 Å². The molecule has 1 aromatic rings. The van der Waals surface area contributed by atoms with Crippen LogP contribution < -0.4 is 5.32 Å². The molecule has 25 heavy (non-hydrogen) atoms. The van der Waals surface area contributed by atoms with E-state index in [0.717, 1.165) is 25.7 Å². The third-order valence-electron chi connectivity index (χ3n) is 5.44. The van der Waals surface area contributed by atoms with Crippen molar-refractivity contribution in [2.45, 2.75) is 32.6 Å². The lowest BCUT2D eigenvalue weighted by Crippen LogP contribution is -2.40. The number of piperidine rings is 1. The quantitative estimate of drug-likeness (QED) is 0.857. The smallest absolute Gasteiger partial charge is 0.307 e. The summed E-state index contributed by atoms with van der Waals surface area (Å²) in [6.45, 7) is 3.75. The van der Waals surface area contributed by atoms with Gasteiger partial charge >= 0.3 is 5.97 Å². The van der Waals surface area contributed by atoms with Crippen LogP contribution in [0.5, 0.6) is 0 Å².